The van der Waals surface area contributed by atoms with Crippen LogP contribution in [-0.4, -0.2) is 26.8 Å². The second-order valence-electron chi connectivity index (χ2n) is 1.44. The van der Waals surface area contributed by atoms with Gasteiger partial charge in [0.15, 0.2) is 5.37 Å². The predicted octanol–water partition coefficient (Wildman–Crippen LogP) is -0.717. The first-order chi connectivity index (χ1) is 4.34. The zero-order valence-corrected chi connectivity index (χ0v) is 6.55. The summed E-state index contributed by atoms with van der Waals surface area (Å²) in [6.07, 6.45) is 0. The minimum Gasteiger partial charge on any atom is -0.284 e. The number of hydrogen-bond donors (Lipinski definition) is 1. The van der Waals surface area contributed by atoms with Gasteiger partial charge in [-0.2, -0.15) is 16.8 Å². The fourth-order valence-electron chi connectivity index (χ4n) is 0.176. The van der Waals surface area contributed by atoms with Crippen molar-refractivity contribution in [3.8, 4) is 0 Å². The van der Waals surface area contributed by atoms with E-state index in [0.29, 0.717) is 0 Å². The van der Waals surface area contributed by atoms with E-state index in [4.69, 9.17) is 4.55 Å². The van der Waals surface area contributed by atoms with Crippen LogP contribution in [0, 0.1) is 0 Å². The van der Waals surface area contributed by atoms with Crippen LogP contribution in [0.3, 0.4) is 0 Å². The summed E-state index contributed by atoms with van der Waals surface area (Å²) in [5.41, 5.74) is 0. The Morgan fingerprint density at radius 1 is 1.50 bits per heavy atom. The molecule has 0 aromatic carbocycles. The van der Waals surface area contributed by atoms with Gasteiger partial charge in [0.05, 0.1) is 0 Å². The van der Waals surface area contributed by atoms with Crippen LogP contribution in [0.4, 0.5) is 0 Å². The van der Waals surface area contributed by atoms with E-state index in [2.05, 4.69) is 4.36 Å². The Labute approximate surface area is 59.3 Å². The van der Waals surface area contributed by atoms with E-state index in [1.807, 2.05) is 0 Å². The van der Waals surface area contributed by atoms with Crippen molar-refractivity contribution in [3.63, 3.8) is 0 Å². The van der Waals surface area contributed by atoms with Crippen LogP contribution in [0.2, 0.25) is 0 Å². The lowest BCUT2D eigenvalue weighted by atomic mass is 10.8. The van der Waals surface area contributed by atoms with Crippen molar-refractivity contribution >= 4 is 20.6 Å². The summed E-state index contributed by atoms with van der Waals surface area (Å²) in [7, 11) is -7.16. The van der Waals surface area contributed by atoms with Gasteiger partial charge in [-0.15, -0.1) is 4.36 Å². The highest BCUT2D eigenvalue weighted by Gasteiger charge is 2.15. The number of rotatable bonds is 2. The fourth-order valence-corrected chi connectivity index (χ4v) is 1.06. The van der Waals surface area contributed by atoms with Gasteiger partial charge < -0.3 is 0 Å². The van der Waals surface area contributed by atoms with Crippen molar-refractivity contribution < 1.29 is 21.4 Å². The van der Waals surface area contributed by atoms with Gasteiger partial charge in [-0.3, -0.25) is 4.55 Å². The smallest absolute Gasteiger partial charge is 0.284 e. The van der Waals surface area contributed by atoms with Crippen molar-refractivity contribution in [2.75, 3.05) is 0 Å². The third kappa shape index (κ3) is 3.54. The summed E-state index contributed by atoms with van der Waals surface area (Å²) in [4.78, 5) is 0. The summed E-state index contributed by atoms with van der Waals surface area (Å²) in [5.74, 6) is 0. The first kappa shape index (κ1) is 9.53. The van der Waals surface area contributed by atoms with Crippen LogP contribution in [0.5, 0.6) is 0 Å². The van der Waals surface area contributed by atoms with E-state index < -0.39 is 26.0 Å². The van der Waals surface area contributed by atoms with Crippen LogP contribution < -0.4 is 0 Å². The van der Waals surface area contributed by atoms with E-state index in [0.717, 1.165) is 6.92 Å². The fraction of sp³-hybridized carbons (Fsp3) is 1.00. The Hall–Kier alpha value is -0.470. The van der Waals surface area contributed by atoms with Crippen molar-refractivity contribution in [3.05, 3.63) is 0 Å². The molecule has 0 spiro atoms. The highest BCUT2D eigenvalue weighted by molar-refractivity contribution is 7.86. The molecular weight excluding hydrogens is 182 g/mol. The summed E-state index contributed by atoms with van der Waals surface area (Å²) in [6, 6.07) is 0. The van der Waals surface area contributed by atoms with Gasteiger partial charge >= 0.3 is 10.5 Å². The normalized spacial score (nSPS) is 14.2. The SMILES string of the molecule is CC(N=S(=O)=O)S(=O)(=O)O. The highest BCUT2D eigenvalue weighted by atomic mass is 32.2. The summed E-state index contributed by atoms with van der Waals surface area (Å²) < 4.78 is 50.3. The lowest BCUT2D eigenvalue weighted by molar-refractivity contribution is 0.471. The molecule has 0 saturated carbocycles. The standard InChI is InChI=1S/C2H5NO5S2/c1-2(3-9(4)5)10(6,7)8/h2H,1H3,(H,6,7,8). The molecule has 0 aromatic rings. The van der Waals surface area contributed by atoms with Crippen molar-refractivity contribution in [1.82, 2.24) is 0 Å². The molecule has 8 heteroatoms. The maximum Gasteiger partial charge on any atom is 0.312 e. The van der Waals surface area contributed by atoms with E-state index in [1.54, 1.807) is 0 Å². The van der Waals surface area contributed by atoms with Crippen LogP contribution in [0.25, 0.3) is 0 Å². The molecule has 10 heavy (non-hydrogen) atoms. The third-order valence-electron chi connectivity index (χ3n) is 0.666. The zero-order valence-electron chi connectivity index (χ0n) is 4.92. The Kier molecular flexibility index (Phi) is 2.94. The van der Waals surface area contributed by atoms with Crippen LogP contribution in [0.1, 0.15) is 6.92 Å². The second kappa shape index (κ2) is 3.08. The molecule has 0 radical (unpaired) electrons. The van der Waals surface area contributed by atoms with Gasteiger partial charge in [0, 0.05) is 0 Å². The van der Waals surface area contributed by atoms with Crippen LogP contribution in [0.15, 0.2) is 4.36 Å². The topological polar surface area (TPSA) is 101 Å². The number of nitrogens with zero attached hydrogens (tertiary/aromatic N) is 1. The molecule has 0 saturated heterocycles. The maximum atomic E-state index is 10.1. The predicted molar refractivity (Wildman–Crippen MR) is 32.4 cm³/mol. The summed E-state index contributed by atoms with van der Waals surface area (Å²) in [5, 5.41) is -1.62. The van der Waals surface area contributed by atoms with Gasteiger partial charge in [0.25, 0.3) is 10.1 Å². The maximum absolute atomic E-state index is 10.1. The van der Waals surface area contributed by atoms with E-state index in [-0.39, 0.29) is 0 Å². The minimum atomic E-state index is -4.36. The van der Waals surface area contributed by atoms with Gasteiger partial charge in [-0.25, -0.2) is 0 Å². The molecular formula is C2H5NO5S2. The minimum absolute atomic E-state index is 0.950. The molecule has 0 bridgehead atoms. The molecule has 0 aliphatic rings. The van der Waals surface area contributed by atoms with Gasteiger partial charge in [0.1, 0.15) is 0 Å². The van der Waals surface area contributed by atoms with Crippen molar-refractivity contribution in [1.29, 1.82) is 0 Å². The van der Waals surface area contributed by atoms with Crippen LogP contribution in [-0.2, 0) is 20.6 Å². The molecule has 1 atom stereocenters. The van der Waals surface area contributed by atoms with Crippen LogP contribution >= 0.6 is 0 Å². The molecule has 0 aromatic heterocycles. The molecule has 0 heterocycles. The quantitative estimate of drug-likeness (QED) is 0.575. The molecule has 0 rings (SSSR count). The van der Waals surface area contributed by atoms with Gasteiger partial charge in [0.2, 0.25) is 0 Å². The van der Waals surface area contributed by atoms with Crippen molar-refractivity contribution in [2.24, 2.45) is 4.36 Å². The van der Waals surface area contributed by atoms with E-state index in [1.165, 1.54) is 0 Å². The van der Waals surface area contributed by atoms with E-state index >= 15 is 0 Å². The molecule has 0 aliphatic heterocycles. The first-order valence-corrected chi connectivity index (χ1v) is 4.64. The average Bonchev–Trinajstić information content (AvgIpc) is 1.60. The molecule has 0 fully saturated rings. The Balaban J connectivity index is 4.75. The third-order valence-corrected chi connectivity index (χ3v) is 2.25. The van der Waals surface area contributed by atoms with Gasteiger partial charge in [-0.1, -0.05) is 0 Å². The highest BCUT2D eigenvalue weighted by Crippen LogP contribution is 1.96. The van der Waals surface area contributed by atoms with Gasteiger partial charge in [-0.05, 0) is 6.92 Å². The largest absolute Gasteiger partial charge is 0.312 e. The average molecular weight is 187 g/mol. The zero-order chi connectivity index (χ0) is 8.36. The Morgan fingerprint density at radius 2 is 1.90 bits per heavy atom. The monoisotopic (exact) mass is 187 g/mol. The lowest BCUT2D eigenvalue weighted by Gasteiger charge is -1.94. The lowest BCUT2D eigenvalue weighted by Crippen LogP contribution is -2.13. The molecule has 1 N–H and O–H groups in total. The summed E-state index contributed by atoms with van der Waals surface area (Å²) >= 11 is 0. The molecule has 1 unspecified atom stereocenters. The van der Waals surface area contributed by atoms with E-state index in [9.17, 15) is 16.8 Å². The second-order valence-corrected chi connectivity index (χ2v) is 3.79. The molecule has 0 amide bonds. The van der Waals surface area contributed by atoms with Crippen molar-refractivity contribution in [2.45, 2.75) is 12.3 Å². The Bertz CT molecular complexity index is 315. The first-order valence-electron chi connectivity index (χ1n) is 2.10. The number of hydrogen-bond acceptors (Lipinski definition) is 5. The molecule has 6 nitrogen and oxygen atoms in total. The Morgan fingerprint density at radius 3 is 2.00 bits per heavy atom. The summed E-state index contributed by atoms with van der Waals surface area (Å²) in [6.45, 7) is 0.950. The molecule has 60 valence electrons. The molecule has 0 aliphatic carbocycles.